The normalized spacial score (nSPS) is 29.8. The Kier molecular flexibility index (Phi) is 3.62. The van der Waals surface area contributed by atoms with Crippen molar-refractivity contribution < 1.29 is 0 Å². The van der Waals surface area contributed by atoms with Gasteiger partial charge in [-0.2, -0.15) is 0 Å². The van der Waals surface area contributed by atoms with Gasteiger partial charge in [0, 0.05) is 0 Å². The Hall–Kier alpha value is 0.0969. The van der Waals surface area contributed by atoms with E-state index in [1.54, 1.807) is 0 Å². The van der Waals surface area contributed by atoms with Crippen molar-refractivity contribution in [3.05, 3.63) is 0 Å². The first-order chi connectivity index (χ1) is 7.95. The highest BCUT2D eigenvalue weighted by molar-refractivity contribution is 6.49. The van der Waals surface area contributed by atoms with E-state index in [1.165, 1.54) is 77.8 Å². The minimum Gasteiger partial charge on any atom is -0.302 e. The summed E-state index contributed by atoms with van der Waals surface area (Å²) in [7, 11) is -0.891. The summed E-state index contributed by atoms with van der Waals surface area (Å²) in [5.74, 6) is 0. The van der Waals surface area contributed by atoms with Crippen LogP contribution in [-0.4, -0.2) is 62.2 Å². The van der Waals surface area contributed by atoms with Crippen molar-refractivity contribution in [3.8, 4) is 0 Å². The molecule has 92 valence electrons. The number of nitrogens with zero attached hydrogens (tertiary/aromatic N) is 3. The predicted molar refractivity (Wildman–Crippen MR) is 69.6 cm³/mol. The molecule has 0 aromatic rings. The Morgan fingerprint density at radius 2 is 0.688 bits per heavy atom. The molecule has 3 heterocycles. The topological polar surface area (TPSA) is 9.72 Å². The second-order valence-electron chi connectivity index (χ2n) is 5.58. The van der Waals surface area contributed by atoms with Gasteiger partial charge in [0.2, 0.25) is 0 Å². The number of hydrogen-bond donors (Lipinski definition) is 0. The van der Waals surface area contributed by atoms with Crippen LogP contribution in [0.3, 0.4) is 0 Å². The first-order valence-corrected chi connectivity index (χ1v) is 8.72. The van der Waals surface area contributed by atoms with E-state index in [-0.39, 0.29) is 0 Å². The Labute approximate surface area is 101 Å². The highest BCUT2D eigenvalue weighted by Gasteiger charge is 2.37. The average Bonchev–Trinajstić information content (AvgIpc) is 3.02. The molecule has 0 N–H and O–H groups in total. The highest BCUT2D eigenvalue weighted by atomic mass is 28.3. The van der Waals surface area contributed by atoms with Gasteiger partial charge >= 0.3 is 0 Å². The first-order valence-electron chi connectivity index (χ1n) is 7.17. The number of hydrogen-bond acceptors (Lipinski definition) is 3. The summed E-state index contributed by atoms with van der Waals surface area (Å²) >= 11 is 0. The summed E-state index contributed by atoms with van der Waals surface area (Å²) in [5, 5.41) is 0. The van der Waals surface area contributed by atoms with Gasteiger partial charge in [-0.05, 0) is 77.8 Å². The summed E-state index contributed by atoms with van der Waals surface area (Å²) in [5.41, 5.74) is 0. The molecule has 3 saturated heterocycles. The molecule has 3 aliphatic heterocycles. The third kappa shape index (κ3) is 2.21. The Bertz CT molecular complexity index is 180. The molecule has 0 spiro atoms. The minimum absolute atomic E-state index is 0.891. The Morgan fingerprint density at radius 3 is 0.938 bits per heavy atom. The van der Waals surface area contributed by atoms with Crippen molar-refractivity contribution in [2.24, 2.45) is 0 Å². The van der Waals surface area contributed by atoms with Crippen molar-refractivity contribution in [2.75, 3.05) is 39.3 Å². The lowest BCUT2D eigenvalue weighted by atomic mass is 10.4. The van der Waals surface area contributed by atoms with E-state index >= 15 is 0 Å². The van der Waals surface area contributed by atoms with Crippen LogP contribution in [0.1, 0.15) is 38.5 Å². The molecule has 0 aromatic heterocycles. The molecule has 16 heavy (non-hydrogen) atoms. The molecule has 0 radical (unpaired) electrons. The van der Waals surface area contributed by atoms with Gasteiger partial charge in [0.15, 0.2) is 0 Å². The second-order valence-corrected chi connectivity index (χ2v) is 8.46. The third-order valence-corrected chi connectivity index (χ3v) is 7.91. The predicted octanol–water partition coefficient (Wildman–Crippen LogP) is 0.991. The molecule has 0 aliphatic carbocycles. The van der Waals surface area contributed by atoms with E-state index in [0.29, 0.717) is 0 Å². The van der Waals surface area contributed by atoms with E-state index in [1.807, 2.05) is 0 Å². The zero-order chi connectivity index (χ0) is 10.8. The van der Waals surface area contributed by atoms with Gasteiger partial charge in [-0.3, -0.25) is 0 Å². The lowest BCUT2D eigenvalue weighted by molar-refractivity contribution is 0.336. The van der Waals surface area contributed by atoms with Gasteiger partial charge in [-0.15, -0.1) is 0 Å². The molecule has 0 atom stereocenters. The molecule has 3 rings (SSSR count). The van der Waals surface area contributed by atoms with Crippen LogP contribution >= 0.6 is 0 Å². The molecule has 0 bridgehead atoms. The van der Waals surface area contributed by atoms with Gasteiger partial charge in [-0.1, -0.05) is 0 Å². The van der Waals surface area contributed by atoms with Crippen LogP contribution in [0.15, 0.2) is 0 Å². The maximum Gasteiger partial charge on any atom is 0.272 e. The summed E-state index contributed by atoms with van der Waals surface area (Å²) in [4.78, 5) is 0. The summed E-state index contributed by atoms with van der Waals surface area (Å²) in [6.45, 7) is 8.36. The van der Waals surface area contributed by atoms with Crippen LogP contribution in [0.4, 0.5) is 0 Å². The molecular formula is C12H25N3Si. The molecule has 0 saturated carbocycles. The lowest BCUT2D eigenvalue weighted by Gasteiger charge is -2.39. The van der Waals surface area contributed by atoms with Crippen molar-refractivity contribution in [2.45, 2.75) is 38.5 Å². The second kappa shape index (κ2) is 5.17. The monoisotopic (exact) mass is 239 g/mol. The van der Waals surface area contributed by atoms with E-state index in [0.717, 1.165) is 0 Å². The molecule has 3 nitrogen and oxygen atoms in total. The first kappa shape index (κ1) is 11.2. The summed E-state index contributed by atoms with van der Waals surface area (Å²) in [6, 6.07) is 0. The maximum atomic E-state index is 2.87. The lowest BCUT2D eigenvalue weighted by Crippen LogP contribution is -2.60. The van der Waals surface area contributed by atoms with Crippen molar-refractivity contribution in [1.82, 2.24) is 13.7 Å². The summed E-state index contributed by atoms with van der Waals surface area (Å²) < 4.78 is 8.62. The molecule has 0 aromatic carbocycles. The van der Waals surface area contributed by atoms with E-state index in [2.05, 4.69) is 13.7 Å². The van der Waals surface area contributed by atoms with Crippen LogP contribution in [0, 0.1) is 0 Å². The van der Waals surface area contributed by atoms with Crippen molar-refractivity contribution in [3.63, 3.8) is 0 Å². The van der Waals surface area contributed by atoms with Gasteiger partial charge in [0.05, 0.1) is 0 Å². The molecule has 3 aliphatic rings. The van der Waals surface area contributed by atoms with Crippen LogP contribution in [0.25, 0.3) is 0 Å². The fourth-order valence-electron chi connectivity index (χ4n) is 3.61. The SMILES string of the molecule is C1CCN([SiH](N2CCCC2)N2CCCC2)C1. The average molecular weight is 239 g/mol. The van der Waals surface area contributed by atoms with Gasteiger partial charge in [-0.25, -0.2) is 0 Å². The summed E-state index contributed by atoms with van der Waals surface area (Å²) in [6.07, 6.45) is 8.70. The molecule has 0 unspecified atom stereocenters. The van der Waals surface area contributed by atoms with Gasteiger partial charge in [0.25, 0.3) is 9.28 Å². The minimum atomic E-state index is -0.891. The zero-order valence-electron chi connectivity index (χ0n) is 10.4. The molecule has 3 fully saturated rings. The molecule has 4 heteroatoms. The molecular weight excluding hydrogens is 214 g/mol. The fourth-order valence-corrected chi connectivity index (χ4v) is 7.48. The largest absolute Gasteiger partial charge is 0.302 e. The molecule has 0 amide bonds. The van der Waals surface area contributed by atoms with Crippen LogP contribution in [0.2, 0.25) is 0 Å². The van der Waals surface area contributed by atoms with E-state index in [9.17, 15) is 0 Å². The number of rotatable bonds is 3. The van der Waals surface area contributed by atoms with Crippen LogP contribution in [0.5, 0.6) is 0 Å². The van der Waals surface area contributed by atoms with Crippen molar-refractivity contribution in [1.29, 1.82) is 0 Å². The van der Waals surface area contributed by atoms with Gasteiger partial charge in [0.1, 0.15) is 0 Å². The Balaban J connectivity index is 1.70. The third-order valence-electron chi connectivity index (χ3n) is 4.40. The zero-order valence-corrected chi connectivity index (χ0v) is 11.6. The van der Waals surface area contributed by atoms with E-state index < -0.39 is 9.28 Å². The van der Waals surface area contributed by atoms with Gasteiger partial charge < -0.3 is 13.7 Å². The van der Waals surface area contributed by atoms with Crippen LogP contribution in [-0.2, 0) is 0 Å². The maximum absolute atomic E-state index is 2.87. The van der Waals surface area contributed by atoms with Crippen molar-refractivity contribution >= 4 is 9.28 Å². The quantitative estimate of drug-likeness (QED) is 0.680. The van der Waals surface area contributed by atoms with E-state index in [4.69, 9.17) is 0 Å². The fraction of sp³-hybridized carbons (Fsp3) is 1.00. The standard InChI is InChI=1S/C12H25N3Si/c1-2-8-13(7-1)16(14-9-3-4-10-14)15-11-5-6-12-15/h16H,1-12H2. The smallest absolute Gasteiger partial charge is 0.272 e. The Morgan fingerprint density at radius 1 is 0.438 bits per heavy atom. The van der Waals surface area contributed by atoms with Crippen LogP contribution < -0.4 is 0 Å². The highest BCUT2D eigenvalue weighted by Crippen LogP contribution is 2.22.